The SMILES string of the molecule is Cc1ccc(-c2nnc(CCC(=O)NCc3ccc(CN4CC(C)CC(C)C4)cc3)o2)cc1. The van der Waals surface area contributed by atoms with Crippen LogP contribution in [0.4, 0.5) is 0 Å². The summed E-state index contributed by atoms with van der Waals surface area (Å²) in [5.41, 5.74) is 4.49. The maximum absolute atomic E-state index is 12.3. The normalized spacial score (nSPS) is 18.9. The van der Waals surface area contributed by atoms with Crippen LogP contribution in [0, 0.1) is 18.8 Å². The minimum atomic E-state index is -0.0227. The third-order valence-electron chi connectivity index (χ3n) is 6.19. The largest absolute Gasteiger partial charge is 0.421 e. The monoisotopic (exact) mass is 446 g/mol. The lowest BCUT2D eigenvalue weighted by atomic mass is 9.91. The zero-order chi connectivity index (χ0) is 23.2. The predicted molar refractivity (Wildman–Crippen MR) is 129 cm³/mol. The number of likely N-dealkylation sites (tertiary alicyclic amines) is 1. The van der Waals surface area contributed by atoms with E-state index < -0.39 is 0 Å². The molecule has 0 spiro atoms. The van der Waals surface area contributed by atoms with Gasteiger partial charge in [-0.1, -0.05) is 55.8 Å². The molecule has 1 N–H and O–H groups in total. The first-order valence-corrected chi connectivity index (χ1v) is 11.9. The van der Waals surface area contributed by atoms with Crippen LogP contribution >= 0.6 is 0 Å². The molecule has 3 aromatic rings. The van der Waals surface area contributed by atoms with Gasteiger partial charge in [0.05, 0.1) is 0 Å². The van der Waals surface area contributed by atoms with Crippen LogP contribution in [0.5, 0.6) is 0 Å². The van der Waals surface area contributed by atoms with Gasteiger partial charge < -0.3 is 9.73 Å². The van der Waals surface area contributed by atoms with E-state index in [9.17, 15) is 4.79 Å². The van der Waals surface area contributed by atoms with Gasteiger partial charge in [-0.15, -0.1) is 10.2 Å². The Balaban J connectivity index is 1.20. The molecule has 2 heterocycles. The standard InChI is InChI=1S/C27H34N4O2/c1-19-4-10-24(11-5-19)27-30-29-26(33-27)13-12-25(32)28-15-22-6-8-23(9-7-22)18-31-16-20(2)14-21(3)17-31/h4-11,20-21H,12-18H2,1-3H3,(H,28,32). The van der Waals surface area contributed by atoms with Gasteiger partial charge in [0, 0.05) is 44.6 Å². The summed E-state index contributed by atoms with van der Waals surface area (Å²) in [6.45, 7) is 10.6. The van der Waals surface area contributed by atoms with Gasteiger partial charge in [0.15, 0.2) is 0 Å². The first-order valence-electron chi connectivity index (χ1n) is 11.9. The first kappa shape index (κ1) is 23.2. The third-order valence-corrected chi connectivity index (χ3v) is 6.19. The maximum atomic E-state index is 12.3. The Labute approximate surface area is 196 Å². The second-order valence-electron chi connectivity index (χ2n) is 9.60. The highest BCUT2D eigenvalue weighted by Crippen LogP contribution is 2.22. The number of benzene rings is 2. The summed E-state index contributed by atoms with van der Waals surface area (Å²) in [6, 6.07) is 16.5. The molecule has 33 heavy (non-hydrogen) atoms. The summed E-state index contributed by atoms with van der Waals surface area (Å²) in [5, 5.41) is 11.2. The first-order chi connectivity index (χ1) is 15.9. The average Bonchev–Trinajstić information content (AvgIpc) is 3.26. The molecule has 1 aromatic heterocycles. The number of aromatic nitrogens is 2. The lowest BCUT2D eigenvalue weighted by molar-refractivity contribution is -0.121. The van der Waals surface area contributed by atoms with E-state index in [1.54, 1.807) is 0 Å². The maximum Gasteiger partial charge on any atom is 0.247 e. The van der Waals surface area contributed by atoms with Crippen LogP contribution in [-0.2, 0) is 24.3 Å². The minimum absolute atomic E-state index is 0.0227. The van der Waals surface area contributed by atoms with Crippen LogP contribution in [-0.4, -0.2) is 34.1 Å². The van der Waals surface area contributed by atoms with Crippen molar-refractivity contribution in [3.63, 3.8) is 0 Å². The quantitative estimate of drug-likeness (QED) is 0.540. The third kappa shape index (κ3) is 6.75. The summed E-state index contributed by atoms with van der Waals surface area (Å²) in [6.07, 6.45) is 2.07. The van der Waals surface area contributed by atoms with Crippen molar-refractivity contribution in [3.8, 4) is 11.5 Å². The molecule has 0 aliphatic carbocycles. The Hall–Kier alpha value is -2.99. The molecule has 0 saturated carbocycles. The summed E-state index contributed by atoms with van der Waals surface area (Å²) in [5.74, 6) is 2.48. The van der Waals surface area contributed by atoms with E-state index in [0.717, 1.165) is 29.5 Å². The van der Waals surface area contributed by atoms with E-state index in [-0.39, 0.29) is 5.91 Å². The van der Waals surface area contributed by atoms with Gasteiger partial charge in [0.25, 0.3) is 0 Å². The number of carbonyl (C=O) groups is 1. The number of piperidine rings is 1. The number of hydrogen-bond acceptors (Lipinski definition) is 5. The number of nitrogens with one attached hydrogen (secondary N) is 1. The Morgan fingerprint density at radius 2 is 1.67 bits per heavy atom. The second kappa shape index (κ2) is 10.8. The molecule has 2 aromatic carbocycles. The van der Waals surface area contributed by atoms with Crippen LogP contribution < -0.4 is 5.32 Å². The summed E-state index contributed by atoms with van der Waals surface area (Å²) in [4.78, 5) is 14.8. The van der Waals surface area contributed by atoms with Gasteiger partial charge in [0.2, 0.25) is 17.7 Å². The van der Waals surface area contributed by atoms with Crippen molar-refractivity contribution in [2.45, 2.75) is 53.1 Å². The fourth-order valence-electron chi connectivity index (χ4n) is 4.62. The van der Waals surface area contributed by atoms with E-state index in [0.29, 0.717) is 31.2 Å². The number of hydrogen-bond donors (Lipinski definition) is 1. The Kier molecular flexibility index (Phi) is 7.55. The molecule has 2 unspecified atom stereocenters. The number of aryl methyl sites for hydroxylation is 2. The van der Waals surface area contributed by atoms with Crippen molar-refractivity contribution in [1.82, 2.24) is 20.4 Å². The van der Waals surface area contributed by atoms with E-state index in [1.807, 2.05) is 31.2 Å². The highest BCUT2D eigenvalue weighted by molar-refractivity contribution is 5.76. The smallest absolute Gasteiger partial charge is 0.247 e. The molecule has 1 aliphatic heterocycles. The molecule has 1 fully saturated rings. The molecule has 6 heteroatoms. The van der Waals surface area contributed by atoms with Crippen LogP contribution in [0.2, 0.25) is 0 Å². The molecule has 174 valence electrons. The van der Waals surface area contributed by atoms with Crippen LogP contribution in [0.15, 0.2) is 52.9 Å². The van der Waals surface area contributed by atoms with Crippen molar-refractivity contribution >= 4 is 5.91 Å². The van der Waals surface area contributed by atoms with Gasteiger partial charge in [-0.05, 0) is 48.4 Å². The summed E-state index contributed by atoms with van der Waals surface area (Å²) < 4.78 is 5.71. The fourth-order valence-corrected chi connectivity index (χ4v) is 4.62. The van der Waals surface area contributed by atoms with Crippen molar-refractivity contribution in [3.05, 3.63) is 71.1 Å². The Bertz CT molecular complexity index is 1030. The van der Waals surface area contributed by atoms with E-state index in [2.05, 4.69) is 58.5 Å². The minimum Gasteiger partial charge on any atom is -0.421 e. The molecule has 4 rings (SSSR count). The Morgan fingerprint density at radius 3 is 2.36 bits per heavy atom. The van der Waals surface area contributed by atoms with Crippen LogP contribution in [0.1, 0.15) is 49.3 Å². The van der Waals surface area contributed by atoms with Gasteiger partial charge >= 0.3 is 0 Å². The molecule has 0 radical (unpaired) electrons. The van der Waals surface area contributed by atoms with E-state index >= 15 is 0 Å². The number of nitrogens with zero attached hydrogens (tertiary/aromatic N) is 3. The van der Waals surface area contributed by atoms with Crippen LogP contribution in [0.25, 0.3) is 11.5 Å². The molecule has 0 bridgehead atoms. The summed E-state index contributed by atoms with van der Waals surface area (Å²) >= 11 is 0. The molecule has 6 nitrogen and oxygen atoms in total. The zero-order valence-corrected chi connectivity index (χ0v) is 19.9. The Morgan fingerprint density at radius 1 is 1.00 bits per heavy atom. The average molecular weight is 447 g/mol. The van der Waals surface area contributed by atoms with Gasteiger partial charge in [-0.2, -0.15) is 0 Å². The number of rotatable bonds is 8. The molecular formula is C27H34N4O2. The molecule has 1 amide bonds. The number of carbonyl (C=O) groups excluding carboxylic acids is 1. The lowest BCUT2D eigenvalue weighted by Gasteiger charge is -2.35. The number of amides is 1. The zero-order valence-electron chi connectivity index (χ0n) is 19.9. The van der Waals surface area contributed by atoms with Gasteiger partial charge in [-0.25, -0.2) is 0 Å². The van der Waals surface area contributed by atoms with Crippen molar-refractivity contribution in [1.29, 1.82) is 0 Å². The molecular weight excluding hydrogens is 412 g/mol. The fraction of sp³-hybridized carbons (Fsp3) is 0.444. The van der Waals surface area contributed by atoms with Crippen LogP contribution in [0.3, 0.4) is 0 Å². The van der Waals surface area contributed by atoms with Gasteiger partial charge in [-0.3, -0.25) is 9.69 Å². The highest BCUT2D eigenvalue weighted by atomic mass is 16.4. The predicted octanol–water partition coefficient (Wildman–Crippen LogP) is 4.77. The topological polar surface area (TPSA) is 71.3 Å². The summed E-state index contributed by atoms with van der Waals surface area (Å²) in [7, 11) is 0. The molecule has 2 atom stereocenters. The lowest BCUT2D eigenvalue weighted by Crippen LogP contribution is -2.38. The van der Waals surface area contributed by atoms with Crippen molar-refractivity contribution in [2.75, 3.05) is 13.1 Å². The van der Waals surface area contributed by atoms with E-state index in [1.165, 1.54) is 30.6 Å². The van der Waals surface area contributed by atoms with Gasteiger partial charge in [0.1, 0.15) is 0 Å². The van der Waals surface area contributed by atoms with E-state index in [4.69, 9.17) is 4.42 Å². The molecule has 1 aliphatic rings. The second-order valence-corrected chi connectivity index (χ2v) is 9.60. The van der Waals surface area contributed by atoms with Crippen molar-refractivity contribution in [2.24, 2.45) is 11.8 Å². The van der Waals surface area contributed by atoms with Crippen molar-refractivity contribution < 1.29 is 9.21 Å². The molecule has 1 saturated heterocycles. The highest BCUT2D eigenvalue weighted by Gasteiger charge is 2.21.